The van der Waals surface area contributed by atoms with Crippen molar-refractivity contribution < 1.29 is 23.9 Å². The van der Waals surface area contributed by atoms with Crippen molar-refractivity contribution in [3.63, 3.8) is 0 Å². The highest BCUT2D eigenvalue weighted by molar-refractivity contribution is 6.03. The van der Waals surface area contributed by atoms with E-state index in [2.05, 4.69) is 5.32 Å². The number of ether oxygens (including phenoxy) is 2. The number of carbonyl (C=O) groups is 3. The number of amides is 2. The first-order valence-corrected chi connectivity index (χ1v) is 9.04. The Bertz CT molecular complexity index is 879. The van der Waals surface area contributed by atoms with Gasteiger partial charge in [-0.3, -0.25) is 9.59 Å². The van der Waals surface area contributed by atoms with Crippen LogP contribution in [-0.2, 0) is 14.3 Å². The molecule has 1 aliphatic heterocycles. The normalized spacial score (nSPS) is 16.0. The van der Waals surface area contributed by atoms with Crippen molar-refractivity contribution in [2.24, 2.45) is 5.92 Å². The molecule has 7 nitrogen and oxygen atoms in total. The van der Waals surface area contributed by atoms with Crippen LogP contribution in [0.1, 0.15) is 23.7 Å². The maximum Gasteiger partial charge on any atom is 0.338 e. The Morgan fingerprint density at radius 3 is 2.61 bits per heavy atom. The lowest BCUT2D eigenvalue weighted by Crippen LogP contribution is -2.28. The lowest BCUT2D eigenvalue weighted by Gasteiger charge is -2.17. The first-order chi connectivity index (χ1) is 13.5. The van der Waals surface area contributed by atoms with Gasteiger partial charge in [-0.25, -0.2) is 4.79 Å². The van der Waals surface area contributed by atoms with Gasteiger partial charge < -0.3 is 19.7 Å². The monoisotopic (exact) mass is 382 g/mol. The van der Waals surface area contributed by atoms with Crippen molar-refractivity contribution in [3.05, 3.63) is 54.1 Å². The highest BCUT2D eigenvalue weighted by atomic mass is 16.5. The fraction of sp³-hybridized carbons (Fsp3) is 0.286. The molecule has 1 heterocycles. The van der Waals surface area contributed by atoms with Crippen LogP contribution in [0.2, 0.25) is 0 Å². The molecule has 2 aromatic rings. The van der Waals surface area contributed by atoms with E-state index in [4.69, 9.17) is 9.47 Å². The van der Waals surface area contributed by atoms with E-state index in [-0.39, 0.29) is 18.2 Å². The van der Waals surface area contributed by atoms with E-state index in [9.17, 15) is 14.4 Å². The van der Waals surface area contributed by atoms with Gasteiger partial charge in [-0.15, -0.1) is 0 Å². The molecule has 1 unspecified atom stereocenters. The predicted molar refractivity (Wildman–Crippen MR) is 104 cm³/mol. The van der Waals surface area contributed by atoms with Crippen molar-refractivity contribution in [3.8, 4) is 5.75 Å². The Morgan fingerprint density at radius 1 is 1.18 bits per heavy atom. The molecule has 3 rings (SSSR count). The van der Waals surface area contributed by atoms with E-state index in [1.54, 1.807) is 61.4 Å². The molecule has 0 aliphatic carbocycles. The average Bonchev–Trinajstić information content (AvgIpc) is 3.10. The second-order valence-corrected chi connectivity index (χ2v) is 6.39. The van der Waals surface area contributed by atoms with Crippen LogP contribution in [0.3, 0.4) is 0 Å². The SMILES string of the molecule is CCOC(=O)c1ccc(NC(=O)C2CC(=O)N(c3cccc(OC)c3)C2)cc1. The Labute approximate surface area is 163 Å². The molecule has 28 heavy (non-hydrogen) atoms. The van der Waals surface area contributed by atoms with Gasteiger partial charge in [0.15, 0.2) is 0 Å². The zero-order valence-electron chi connectivity index (χ0n) is 15.8. The van der Waals surface area contributed by atoms with E-state index in [0.29, 0.717) is 35.8 Å². The van der Waals surface area contributed by atoms with E-state index in [0.717, 1.165) is 0 Å². The third-order valence-electron chi connectivity index (χ3n) is 4.52. The minimum absolute atomic E-state index is 0.105. The molecule has 146 valence electrons. The van der Waals surface area contributed by atoms with Crippen LogP contribution in [0.5, 0.6) is 5.75 Å². The van der Waals surface area contributed by atoms with E-state index in [1.165, 1.54) is 0 Å². The highest BCUT2D eigenvalue weighted by Crippen LogP contribution is 2.28. The molecule has 2 aromatic carbocycles. The summed E-state index contributed by atoms with van der Waals surface area (Å²) in [4.78, 5) is 38.2. The van der Waals surface area contributed by atoms with E-state index in [1.807, 2.05) is 6.07 Å². The van der Waals surface area contributed by atoms with Gasteiger partial charge in [0.05, 0.1) is 25.2 Å². The lowest BCUT2D eigenvalue weighted by atomic mass is 10.1. The highest BCUT2D eigenvalue weighted by Gasteiger charge is 2.35. The molecule has 0 aromatic heterocycles. The molecular formula is C21H22N2O5. The number of carbonyl (C=O) groups excluding carboxylic acids is 3. The molecule has 1 aliphatic rings. The number of anilines is 2. The summed E-state index contributed by atoms with van der Waals surface area (Å²) in [7, 11) is 1.56. The summed E-state index contributed by atoms with van der Waals surface area (Å²) in [6.07, 6.45) is 0.143. The first kappa shape index (κ1) is 19.4. The van der Waals surface area contributed by atoms with Crippen molar-refractivity contribution >= 4 is 29.2 Å². The van der Waals surface area contributed by atoms with Crippen molar-refractivity contribution in [1.82, 2.24) is 0 Å². The number of nitrogens with one attached hydrogen (secondary N) is 1. The van der Waals surface area contributed by atoms with Crippen molar-refractivity contribution in [2.75, 3.05) is 30.5 Å². The van der Waals surface area contributed by atoms with Crippen molar-refractivity contribution in [1.29, 1.82) is 0 Å². The molecule has 2 amide bonds. The van der Waals surface area contributed by atoms with Gasteiger partial charge in [-0.05, 0) is 43.3 Å². The summed E-state index contributed by atoms with van der Waals surface area (Å²) in [5.74, 6) is -0.548. The van der Waals surface area contributed by atoms with Gasteiger partial charge in [0.25, 0.3) is 0 Å². The van der Waals surface area contributed by atoms with Crippen LogP contribution in [0.15, 0.2) is 48.5 Å². The maximum absolute atomic E-state index is 12.6. The zero-order valence-corrected chi connectivity index (χ0v) is 15.8. The van der Waals surface area contributed by atoms with Gasteiger partial charge in [-0.2, -0.15) is 0 Å². The van der Waals surface area contributed by atoms with Crippen LogP contribution in [0, 0.1) is 5.92 Å². The molecule has 1 saturated heterocycles. The predicted octanol–water partition coefficient (Wildman–Crippen LogP) is 2.86. The first-order valence-electron chi connectivity index (χ1n) is 9.04. The molecule has 1 N–H and O–H groups in total. The third kappa shape index (κ3) is 4.31. The molecule has 0 saturated carbocycles. The fourth-order valence-electron chi connectivity index (χ4n) is 3.06. The van der Waals surface area contributed by atoms with Gasteiger partial charge >= 0.3 is 5.97 Å². The number of hydrogen-bond donors (Lipinski definition) is 1. The smallest absolute Gasteiger partial charge is 0.338 e. The summed E-state index contributed by atoms with van der Waals surface area (Å²) >= 11 is 0. The summed E-state index contributed by atoms with van der Waals surface area (Å²) in [6.45, 7) is 2.35. The summed E-state index contributed by atoms with van der Waals surface area (Å²) in [5, 5.41) is 2.80. The summed E-state index contributed by atoms with van der Waals surface area (Å²) < 4.78 is 10.1. The second kappa shape index (κ2) is 8.56. The Kier molecular flexibility index (Phi) is 5.93. The van der Waals surface area contributed by atoms with Crippen LogP contribution in [0.4, 0.5) is 11.4 Å². The average molecular weight is 382 g/mol. The number of hydrogen-bond acceptors (Lipinski definition) is 5. The summed E-state index contributed by atoms with van der Waals surface area (Å²) in [5.41, 5.74) is 1.68. The second-order valence-electron chi connectivity index (χ2n) is 6.39. The molecule has 7 heteroatoms. The van der Waals surface area contributed by atoms with Crippen LogP contribution in [-0.4, -0.2) is 38.0 Å². The maximum atomic E-state index is 12.6. The zero-order chi connectivity index (χ0) is 20.1. The van der Waals surface area contributed by atoms with Gasteiger partial charge in [0, 0.05) is 30.4 Å². The molecule has 0 spiro atoms. The van der Waals surface area contributed by atoms with Gasteiger partial charge in [0.2, 0.25) is 11.8 Å². The van der Waals surface area contributed by atoms with Gasteiger partial charge in [0.1, 0.15) is 5.75 Å². The van der Waals surface area contributed by atoms with E-state index >= 15 is 0 Å². The van der Waals surface area contributed by atoms with Crippen LogP contribution < -0.4 is 15.0 Å². The van der Waals surface area contributed by atoms with Crippen molar-refractivity contribution in [2.45, 2.75) is 13.3 Å². The molecule has 1 fully saturated rings. The van der Waals surface area contributed by atoms with E-state index < -0.39 is 11.9 Å². The third-order valence-corrected chi connectivity index (χ3v) is 4.52. The number of rotatable bonds is 6. The quantitative estimate of drug-likeness (QED) is 0.777. The van der Waals surface area contributed by atoms with Crippen LogP contribution >= 0.6 is 0 Å². The number of esters is 1. The largest absolute Gasteiger partial charge is 0.497 e. The Morgan fingerprint density at radius 2 is 1.93 bits per heavy atom. The molecule has 0 radical (unpaired) electrons. The topological polar surface area (TPSA) is 84.9 Å². The minimum atomic E-state index is -0.455. The number of nitrogens with zero attached hydrogens (tertiary/aromatic N) is 1. The fourth-order valence-corrected chi connectivity index (χ4v) is 3.06. The summed E-state index contributed by atoms with van der Waals surface area (Å²) in [6, 6.07) is 13.7. The standard InChI is InChI=1S/C21H22N2O5/c1-3-28-21(26)14-7-9-16(10-8-14)22-20(25)15-11-19(24)23(13-15)17-5-4-6-18(12-17)27-2/h4-10,12,15H,3,11,13H2,1-2H3,(H,22,25). The molecule has 0 bridgehead atoms. The lowest BCUT2D eigenvalue weighted by molar-refractivity contribution is -0.122. The minimum Gasteiger partial charge on any atom is -0.497 e. The van der Waals surface area contributed by atoms with Gasteiger partial charge in [-0.1, -0.05) is 6.07 Å². The number of methoxy groups -OCH3 is 1. The molecule has 1 atom stereocenters. The molecular weight excluding hydrogens is 360 g/mol. The van der Waals surface area contributed by atoms with Crippen LogP contribution in [0.25, 0.3) is 0 Å². The number of benzene rings is 2. The Hall–Kier alpha value is -3.35. The Balaban J connectivity index is 1.63.